The zero-order valence-corrected chi connectivity index (χ0v) is 24.1. The number of aromatic nitrogens is 5. The Labute approximate surface area is 242 Å². The number of carbonyl (C=O) groups excluding carboxylic acids is 1. The summed E-state index contributed by atoms with van der Waals surface area (Å²) in [5.74, 6) is -2.84. The summed E-state index contributed by atoms with van der Waals surface area (Å²) in [6, 6.07) is 8.30. The molecule has 9 nitrogen and oxygen atoms in total. The third kappa shape index (κ3) is 5.43. The van der Waals surface area contributed by atoms with Gasteiger partial charge in [0.15, 0.2) is 11.4 Å². The Morgan fingerprint density at radius 2 is 1.86 bits per heavy atom. The fraction of sp³-hybridized carbons (Fsp3) is 0.387. The number of para-hydroxylation sites is 1. The maximum atomic E-state index is 14.4. The molecule has 1 aromatic carbocycles. The number of hydrogen-bond donors (Lipinski definition) is 1. The molecule has 220 valence electrons. The Bertz CT molecular complexity index is 1670. The summed E-state index contributed by atoms with van der Waals surface area (Å²) in [7, 11) is 0. The van der Waals surface area contributed by atoms with Gasteiger partial charge < -0.3 is 10.0 Å². The molecule has 1 aliphatic heterocycles. The molecular weight excluding hydrogens is 542 g/mol. The van der Waals surface area contributed by atoms with Gasteiger partial charge in [0, 0.05) is 37.8 Å². The first-order valence-electron chi connectivity index (χ1n) is 14.2. The Balaban J connectivity index is 1.63. The van der Waals surface area contributed by atoms with Gasteiger partial charge in [-0.15, -0.1) is 0 Å². The van der Waals surface area contributed by atoms with Crippen LogP contribution in [0.3, 0.4) is 0 Å². The van der Waals surface area contributed by atoms with E-state index in [1.54, 1.807) is 16.9 Å². The number of amides is 1. The SMILES string of the molecule is CCc1cccc(CC)c1-n1c(-c2ccn(CC(C)C)n2)nc(=O)c(C(=O)N2CCC(c3ncc(F)cc3F)C2)c1O. The second-order valence-electron chi connectivity index (χ2n) is 11.0. The van der Waals surface area contributed by atoms with E-state index in [1.807, 2.05) is 32.0 Å². The Morgan fingerprint density at radius 1 is 1.14 bits per heavy atom. The van der Waals surface area contributed by atoms with Crippen molar-refractivity contribution >= 4 is 5.91 Å². The van der Waals surface area contributed by atoms with Crippen molar-refractivity contribution in [2.75, 3.05) is 13.1 Å². The summed E-state index contributed by atoms with van der Waals surface area (Å²) in [5.41, 5.74) is 1.53. The molecule has 0 bridgehead atoms. The number of nitrogens with zero attached hydrogens (tertiary/aromatic N) is 6. The molecule has 1 aliphatic rings. The maximum Gasteiger partial charge on any atom is 0.290 e. The van der Waals surface area contributed by atoms with Gasteiger partial charge in [-0.2, -0.15) is 10.1 Å². The van der Waals surface area contributed by atoms with E-state index in [1.165, 1.54) is 9.47 Å². The van der Waals surface area contributed by atoms with Crippen LogP contribution in [0, 0.1) is 17.6 Å². The summed E-state index contributed by atoms with van der Waals surface area (Å²) in [6.07, 6.45) is 4.36. The lowest BCUT2D eigenvalue weighted by Gasteiger charge is -2.23. The molecule has 11 heteroatoms. The van der Waals surface area contributed by atoms with E-state index < -0.39 is 40.5 Å². The standard InChI is InChI=1S/C31H34F2N6O3/c1-5-19-8-7-9-20(6-2)27(19)39-28(24-11-13-38(36-24)16-18(3)4)35-29(40)25(31(39)42)30(41)37-12-10-21(17-37)26-23(33)14-22(32)15-34-26/h7-9,11,13-15,18,21,42H,5-6,10,12,16-17H2,1-4H3. The molecular formula is C31H34F2N6O3. The summed E-state index contributed by atoms with van der Waals surface area (Å²) >= 11 is 0. The fourth-order valence-corrected chi connectivity index (χ4v) is 5.59. The molecule has 1 fully saturated rings. The van der Waals surface area contributed by atoms with E-state index in [9.17, 15) is 23.5 Å². The fourth-order valence-electron chi connectivity index (χ4n) is 5.59. The first-order valence-corrected chi connectivity index (χ1v) is 14.2. The van der Waals surface area contributed by atoms with Crippen LogP contribution < -0.4 is 5.56 Å². The number of rotatable bonds is 8. The number of halogens is 2. The summed E-state index contributed by atoms with van der Waals surface area (Å²) in [5, 5.41) is 16.4. The minimum absolute atomic E-state index is 0.0559. The molecule has 1 saturated heterocycles. The van der Waals surface area contributed by atoms with Gasteiger partial charge in [0.25, 0.3) is 11.5 Å². The van der Waals surface area contributed by atoms with Crippen molar-refractivity contribution in [3.05, 3.63) is 87.1 Å². The molecule has 0 radical (unpaired) electrons. The molecule has 4 heterocycles. The van der Waals surface area contributed by atoms with Gasteiger partial charge in [-0.25, -0.2) is 8.78 Å². The summed E-state index contributed by atoms with van der Waals surface area (Å²) in [4.78, 5) is 36.9. The van der Waals surface area contributed by atoms with Crippen LogP contribution >= 0.6 is 0 Å². The molecule has 5 rings (SSSR count). The zero-order valence-electron chi connectivity index (χ0n) is 24.1. The van der Waals surface area contributed by atoms with Crippen LogP contribution in [0.15, 0.2) is 47.5 Å². The van der Waals surface area contributed by atoms with Crippen molar-refractivity contribution in [3.8, 4) is 23.1 Å². The van der Waals surface area contributed by atoms with Gasteiger partial charge in [-0.3, -0.25) is 23.8 Å². The minimum Gasteiger partial charge on any atom is -0.493 e. The molecule has 1 amide bonds. The third-order valence-corrected chi connectivity index (χ3v) is 7.59. The number of aryl methyl sites for hydroxylation is 2. The molecule has 0 saturated carbocycles. The smallest absolute Gasteiger partial charge is 0.290 e. The monoisotopic (exact) mass is 576 g/mol. The minimum atomic E-state index is -0.885. The van der Waals surface area contributed by atoms with Crippen LogP contribution in [0.2, 0.25) is 0 Å². The average molecular weight is 577 g/mol. The largest absolute Gasteiger partial charge is 0.493 e. The van der Waals surface area contributed by atoms with Gasteiger partial charge in [0.05, 0.1) is 17.6 Å². The highest BCUT2D eigenvalue weighted by Gasteiger charge is 2.35. The van der Waals surface area contributed by atoms with Crippen LogP contribution in [-0.2, 0) is 19.4 Å². The average Bonchev–Trinajstić information content (AvgIpc) is 3.62. The highest BCUT2D eigenvalue weighted by atomic mass is 19.1. The Hall–Kier alpha value is -4.41. The van der Waals surface area contributed by atoms with Crippen molar-refractivity contribution in [3.63, 3.8) is 0 Å². The highest BCUT2D eigenvalue weighted by Crippen LogP contribution is 2.34. The van der Waals surface area contributed by atoms with Gasteiger partial charge in [-0.05, 0) is 42.4 Å². The van der Waals surface area contributed by atoms with Crippen molar-refractivity contribution in [1.29, 1.82) is 0 Å². The quantitative estimate of drug-likeness (QED) is 0.320. The van der Waals surface area contributed by atoms with Crippen LogP contribution in [0.5, 0.6) is 5.88 Å². The molecule has 1 atom stereocenters. The molecule has 0 spiro atoms. The number of pyridine rings is 1. The van der Waals surface area contributed by atoms with Crippen molar-refractivity contribution in [2.45, 2.75) is 59.4 Å². The second-order valence-corrected chi connectivity index (χ2v) is 11.0. The van der Waals surface area contributed by atoms with E-state index >= 15 is 0 Å². The van der Waals surface area contributed by atoms with Crippen LogP contribution in [0.25, 0.3) is 17.2 Å². The molecule has 0 aliphatic carbocycles. The third-order valence-electron chi connectivity index (χ3n) is 7.59. The summed E-state index contributed by atoms with van der Waals surface area (Å²) < 4.78 is 31.0. The number of benzene rings is 1. The Kier molecular flexibility index (Phi) is 8.20. The van der Waals surface area contributed by atoms with Gasteiger partial charge >= 0.3 is 0 Å². The lowest BCUT2D eigenvalue weighted by Crippen LogP contribution is -2.34. The van der Waals surface area contributed by atoms with Crippen molar-refractivity contribution in [2.24, 2.45) is 5.92 Å². The molecule has 1 N–H and O–H groups in total. The van der Waals surface area contributed by atoms with Crippen LogP contribution in [0.4, 0.5) is 8.78 Å². The molecule has 3 aromatic heterocycles. The second kappa shape index (κ2) is 11.8. The van der Waals surface area contributed by atoms with Crippen LogP contribution in [-0.4, -0.2) is 53.3 Å². The van der Waals surface area contributed by atoms with E-state index in [0.29, 0.717) is 43.1 Å². The van der Waals surface area contributed by atoms with E-state index in [-0.39, 0.29) is 24.6 Å². The van der Waals surface area contributed by atoms with Gasteiger partial charge in [-0.1, -0.05) is 45.9 Å². The number of carbonyl (C=O) groups is 1. The normalized spacial score (nSPS) is 15.1. The first-order chi connectivity index (χ1) is 20.1. The molecule has 1 unspecified atom stereocenters. The van der Waals surface area contributed by atoms with Crippen molar-refractivity contribution in [1.82, 2.24) is 29.2 Å². The van der Waals surface area contributed by atoms with Gasteiger partial charge in [0.1, 0.15) is 17.3 Å². The molecule has 4 aromatic rings. The maximum absolute atomic E-state index is 14.4. The molecule has 42 heavy (non-hydrogen) atoms. The first kappa shape index (κ1) is 29.1. The number of hydrogen-bond acceptors (Lipinski definition) is 6. The van der Waals surface area contributed by atoms with E-state index in [2.05, 4.69) is 28.9 Å². The predicted molar refractivity (Wildman–Crippen MR) is 154 cm³/mol. The topological polar surface area (TPSA) is 106 Å². The number of aromatic hydroxyl groups is 1. The van der Waals surface area contributed by atoms with E-state index in [0.717, 1.165) is 23.4 Å². The lowest BCUT2D eigenvalue weighted by atomic mass is 10.0. The predicted octanol–water partition coefficient (Wildman–Crippen LogP) is 4.89. The number of likely N-dealkylation sites (tertiary alicyclic amines) is 1. The van der Waals surface area contributed by atoms with E-state index in [4.69, 9.17) is 0 Å². The van der Waals surface area contributed by atoms with Gasteiger partial charge in [0.2, 0.25) is 5.88 Å². The zero-order chi connectivity index (χ0) is 30.1. The Morgan fingerprint density at radius 3 is 2.50 bits per heavy atom. The van der Waals surface area contributed by atoms with Crippen LogP contribution in [0.1, 0.15) is 67.2 Å². The summed E-state index contributed by atoms with van der Waals surface area (Å²) in [6.45, 7) is 9.02. The highest BCUT2D eigenvalue weighted by molar-refractivity contribution is 5.96. The van der Waals surface area contributed by atoms with Crippen molar-refractivity contribution < 1.29 is 18.7 Å². The lowest BCUT2D eigenvalue weighted by molar-refractivity contribution is 0.0784.